The van der Waals surface area contributed by atoms with Gasteiger partial charge >= 0.3 is 0 Å². The average molecular weight is 484 g/mol. The van der Waals surface area contributed by atoms with Crippen LogP contribution in [-0.2, 0) is 25.0 Å². The van der Waals surface area contributed by atoms with Crippen molar-refractivity contribution in [2.75, 3.05) is 29.9 Å². The van der Waals surface area contributed by atoms with Gasteiger partial charge in [0.25, 0.3) is 0 Å². The lowest BCUT2D eigenvalue weighted by Crippen LogP contribution is -2.41. The van der Waals surface area contributed by atoms with E-state index in [0.29, 0.717) is 38.9 Å². The molecular formula is C26H33N3O4S. The van der Waals surface area contributed by atoms with Gasteiger partial charge in [-0.3, -0.25) is 9.59 Å². The Hall–Kier alpha value is -2.71. The number of anilines is 2. The van der Waals surface area contributed by atoms with E-state index in [4.69, 9.17) is 0 Å². The molecule has 4 rings (SSSR count). The molecule has 0 aromatic heterocycles. The number of carbonyl (C=O) groups is 2. The molecule has 0 bridgehead atoms. The molecule has 0 spiro atoms. The van der Waals surface area contributed by atoms with E-state index in [1.165, 1.54) is 9.87 Å². The molecule has 2 aromatic rings. The first kappa shape index (κ1) is 24.4. The number of sulfonamides is 1. The van der Waals surface area contributed by atoms with Crippen LogP contribution in [0.2, 0.25) is 0 Å². The minimum atomic E-state index is -3.64. The Morgan fingerprint density at radius 1 is 0.941 bits per heavy atom. The van der Waals surface area contributed by atoms with Crippen LogP contribution in [0.5, 0.6) is 0 Å². The maximum absolute atomic E-state index is 13.1. The fourth-order valence-electron chi connectivity index (χ4n) is 4.52. The van der Waals surface area contributed by atoms with Crippen LogP contribution in [0.3, 0.4) is 0 Å². The Kier molecular flexibility index (Phi) is 6.82. The molecule has 2 fully saturated rings. The second-order valence-corrected chi connectivity index (χ2v) is 12.1. The van der Waals surface area contributed by atoms with Gasteiger partial charge in [0.2, 0.25) is 21.8 Å². The van der Waals surface area contributed by atoms with Gasteiger partial charge in [-0.1, -0.05) is 32.9 Å². The van der Waals surface area contributed by atoms with E-state index < -0.39 is 10.0 Å². The zero-order valence-electron chi connectivity index (χ0n) is 20.1. The van der Waals surface area contributed by atoms with Crippen molar-refractivity contribution < 1.29 is 18.0 Å². The van der Waals surface area contributed by atoms with Crippen molar-refractivity contribution in [2.24, 2.45) is 5.92 Å². The molecule has 0 atom stereocenters. The summed E-state index contributed by atoms with van der Waals surface area (Å²) >= 11 is 0. The summed E-state index contributed by atoms with van der Waals surface area (Å²) in [6.45, 7) is 7.70. The lowest BCUT2D eigenvalue weighted by Gasteiger charge is -2.30. The molecule has 2 amide bonds. The molecule has 2 aliphatic rings. The van der Waals surface area contributed by atoms with Crippen molar-refractivity contribution in [3.8, 4) is 0 Å². The van der Waals surface area contributed by atoms with Crippen molar-refractivity contribution in [3.63, 3.8) is 0 Å². The second-order valence-electron chi connectivity index (χ2n) is 10.1. The Balaban J connectivity index is 1.34. The van der Waals surface area contributed by atoms with E-state index in [9.17, 15) is 18.0 Å². The van der Waals surface area contributed by atoms with Crippen molar-refractivity contribution in [3.05, 3.63) is 54.1 Å². The van der Waals surface area contributed by atoms with Gasteiger partial charge in [-0.2, -0.15) is 4.31 Å². The normalized spacial score (nSPS) is 18.3. The highest BCUT2D eigenvalue weighted by Crippen LogP contribution is 2.28. The summed E-state index contributed by atoms with van der Waals surface area (Å²) in [5.74, 6) is -0.224. The summed E-state index contributed by atoms with van der Waals surface area (Å²) in [4.78, 5) is 26.6. The zero-order valence-corrected chi connectivity index (χ0v) is 20.9. The van der Waals surface area contributed by atoms with Gasteiger partial charge in [-0.05, 0) is 66.6 Å². The van der Waals surface area contributed by atoms with Crippen LogP contribution in [0.15, 0.2) is 53.4 Å². The topological polar surface area (TPSA) is 86.8 Å². The minimum Gasteiger partial charge on any atom is -0.326 e. The van der Waals surface area contributed by atoms with Gasteiger partial charge in [0, 0.05) is 43.3 Å². The van der Waals surface area contributed by atoms with Gasteiger partial charge in [0.05, 0.1) is 4.90 Å². The molecular weight excluding hydrogens is 450 g/mol. The van der Waals surface area contributed by atoms with E-state index >= 15 is 0 Å². The molecule has 0 unspecified atom stereocenters. The van der Waals surface area contributed by atoms with Gasteiger partial charge in [0.1, 0.15) is 0 Å². The van der Waals surface area contributed by atoms with Gasteiger partial charge < -0.3 is 10.2 Å². The summed E-state index contributed by atoms with van der Waals surface area (Å²) in [5.41, 5.74) is 2.73. The number of rotatable bonds is 5. The van der Waals surface area contributed by atoms with E-state index in [-0.39, 0.29) is 28.0 Å². The molecule has 0 aliphatic carbocycles. The molecule has 2 aromatic carbocycles. The summed E-state index contributed by atoms with van der Waals surface area (Å²) in [6.07, 6.45) is 2.31. The first-order valence-corrected chi connectivity index (χ1v) is 13.3. The van der Waals surface area contributed by atoms with Crippen LogP contribution < -0.4 is 10.2 Å². The Bertz CT molecular complexity index is 1140. The Labute approximate surface area is 202 Å². The molecule has 2 saturated heterocycles. The second kappa shape index (κ2) is 9.50. The zero-order chi connectivity index (χ0) is 24.5. The summed E-state index contributed by atoms with van der Waals surface area (Å²) in [6, 6.07) is 14.4. The first-order chi connectivity index (χ1) is 16.1. The lowest BCUT2D eigenvalue weighted by atomic mass is 9.87. The molecule has 1 N–H and O–H groups in total. The third kappa shape index (κ3) is 5.18. The highest BCUT2D eigenvalue weighted by Gasteiger charge is 2.32. The number of carbonyl (C=O) groups excluding carboxylic acids is 2. The Morgan fingerprint density at radius 2 is 1.56 bits per heavy atom. The quantitative estimate of drug-likeness (QED) is 0.692. The lowest BCUT2D eigenvalue weighted by molar-refractivity contribution is -0.121. The minimum absolute atomic E-state index is 0.0484. The summed E-state index contributed by atoms with van der Waals surface area (Å²) in [5, 5.41) is 2.97. The predicted octanol–water partition coefficient (Wildman–Crippen LogP) is 4.15. The molecule has 2 aliphatic heterocycles. The maximum atomic E-state index is 13.1. The van der Waals surface area contributed by atoms with Crippen LogP contribution in [0.4, 0.5) is 11.4 Å². The molecule has 34 heavy (non-hydrogen) atoms. The van der Waals surface area contributed by atoms with E-state index in [2.05, 4.69) is 26.1 Å². The number of benzene rings is 2. The van der Waals surface area contributed by atoms with Crippen LogP contribution in [0.25, 0.3) is 0 Å². The Morgan fingerprint density at radius 3 is 2.09 bits per heavy atom. The van der Waals surface area contributed by atoms with E-state index in [0.717, 1.165) is 17.8 Å². The van der Waals surface area contributed by atoms with Gasteiger partial charge in [0.15, 0.2) is 0 Å². The SMILES string of the molecule is CC(C)(C)c1ccc(NC(=O)C2CCN(S(=O)(=O)c3ccc(N4CCCC4=O)cc3)CC2)cc1. The highest BCUT2D eigenvalue weighted by atomic mass is 32.2. The fourth-order valence-corrected chi connectivity index (χ4v) is 5.99. The third-order valence-corrected chi connectivity index (χ3v) is 8.62. The third-order valence-electron chi connectivity index (χ3n) is 6.70. The van der Waals surface area contributed by atoms with Gasteiger partial charge in [-0.25, -0.2) is 8.42 Å². The van der Waals surface area contributed by atoms with Crippen LogP contribution in [-0.4, -0.2) is 44.2 Å². The maximum Gasteiger partial charge on any atom is 0.243 e. The number of hydrogen-bond acceptors (Lipinski definition) is 4. The van der Waals surface area contributed by atoms with Crippen LogP contribution in [0.1, 0.15) is 52.0 Å². The smallest absolute Gasteiger partial charge is 0.243 e. The predicted molar refractivity (Wildman–Crippen MR) is 133 cm³/mol. The number of piperidine rings is 1. The molecule has 0 saturated carbocycles. The van der Waals surface area contributed by atoms with Crippen LogP contribution >= 0.6 is 0 Å². The summed E-state index contributed by atoms with van der Waals surface area (Å²) in [7, 11) is -3.64. The van der Waals surface area contributed by atoms with Crippen molar-refractivity contribution >= 4 is 33.2 Å². The van der Waals surface area contributed by atoms with Crippen molar-refractivity contribution in [1.82, 2.24) is 4.31 Å². The van der Waals surface area contributed by atoms with E-state index in [1.54, 1.807) is 29.2 Å². The molecule has 0 radical (unpaired) electrons. The average Bonchev–Trinajstić information content (AvgIpc) is 3.25. The molecule has 2 heterocycles. The number of hydrogen-bond donors (Lipinski definition) is 1. The monoisotopic (exact) mass is 483 g/mol. The first-order valence-electron chi connectivity index (χ1n) is 11.9. The summed E-state index contributed by atoms with van der Waals surface area (Å²) < 4.78 is 27.7. The van der Waals surface area contributed by atoms with E-state index in [1.807, 2.05) is 24.3 Å². The van der Waals surface area contributed by atoms with Crippen molar-refractivity contribution in [1.29, 1.82) is 0 Å². The number of nitrogens with zero attached hydrogens (tertiary/aromatic N) is 2. The standard InChI is InChI=1S/C26H33N3O4S/c1-26(2,3)20-6-8-21(9-7-20)27-25(31)19-14-17-28(18-15-19)34(32,33)23-12-10-22(11-13-23)29-16-4-5-24(29)30/h6-13,19H,4-5,14-18H2,1-3H3,(H,27,31). The van der Waals surface area contributed by atoms with Crippen molar-refractivity contribution in [2.45, 2.75) is 56.8 Å². The fraction of sp³-hybridized carbons (Fsp3) is 0.462. The van der Waals surface area contributed by atoms with Gasteiger partial charge in [-0.15, -0.1) is 0 Å². The number of nitrogens with one attached hydrogen (secondary N) is 1. The molecule has 8 heteroatoms. The largest absolute Gasteiger partial charge is 0.326 e. The number of amides is 2. The molecule has 182 valence electrons. The molecule has 7 nitrogen and oxygen atoms in total. The highest BCUT2D eigenvalue weighted by molar-refractivity contribution is 7.89. The van der Waals surface area contributed by atoms with Crippen LogP contribution in [0, 0.1) is 5.92 Å².